The first kappa shape index (κ1) is 32.5. The number of carbonyl (C=O) groups excluding carboxylic acids is 4. The molecule has 0 aromatic heterocycles. The number of amides is 3. The quantitative estimate of drug-likeness (QED) is 0.255. The summed E-state index contributed by atoms with van der Waals surface area (Å²) in [6.45, 7) is 0.553. The number of hydrogen-bond acceptors (Lipinski definition) is 8. The highest BCUT2D eigenvalue weighted by Gasteiger charge is 2.73. The summed E-state index contributed by atoms with van der Waals surface area (Å²) in [5, 5.41) is 12.2. The number of carbonyl (C=O) groups is 4. The fraction of sp³-hybridized carbons (Fsp3) is 0.444. The monoisotopic (exact) mass is 643 g/mol. The highest BCUT2D eigenvalue weighted by molar-refractivity contribution is 6.05. The average Bonchev–Trinajstić information content (AvgIpc) is 3.73. The molecule has 2 saturated heterocycles. The molecule has 47 heavy (non-hydrogen) atoms. The first-order valence-electron chi connectivity index (χ1n) is 16.3. The van der Waals surface area contributed by atoms with Gasteiger partial charge in [-0.1, -0.05) is 54.6 Å². The largest absolute Gasteiger partial charge is 0.497 e. The molecule has 2 aromatic carbocycles. The van der Waals surface area contributed by atoms with E-state index in [2.05, 4.69) is 5.32 Å². The highest BCUT2D eigenvalue weighted by Crippen LogP contribution is 2.56. The Labute approximate surface area is 274 Å². The molecule has 6 rings (SSSR count). The van der Waals surface area contributed by atoms with E-state index in [0.717, 1.165) is 0 Å². The SMILES string of the molecule is COc1ccc(N2C/C=C\CCC(=O)NC[C@@H](c3ccccc3)OC(=O)[C@@H]3[C@@H]4C=C[C@]5(O4)[C@H](C2=O)N(CCCCCO)C(=O)[C@@H]35)cc1. The van der Waals surface area contributed by atoms with Gasteiger partial charge in [-0.15, -0.1) is 0 Å². The molecule has 2 aromatic rings. The molecule has 0 aliphatic carbocycles. The maximum Gasteiger partial charge on any atom is 0.313 e. The Kier molecular flexibility index (Phi) is 9.74. The van der Waals surface area contributed by atoms with Gasteiger partial charge < -0.3 is 34.4 Å². The summed E-state index contributed by atoms with van der Waals surface area (Å²) in [6, 6.07) is 15.2. The number of benzene rings is 2. The van der Waals surface area contributed by atoms with Crippen LogP contribution in [0.15, 0.2) is 78.9 Å². The number of cyclic esters (lactones) is 1. The van der Waals surface area contributed by atoms with Crippen LogP contribution in [0.5, 0.6) is 5.75 Å². The van der Waals surface area contributed by atoms with E-state index in [4.69, 9.17) is 14.2 Å². The Hall–Kier alpha value is -4.48. The average molecular weight is 644 g/mol. The molecular formula is C36H41N3O8. The summed E-state index contributed by atoms with van der Waals surface area (Å²) in [5.74, 6) is -2.81. The molecule has 11 nitrogen and oxygen atoms in total. The van der Waals surface area contributed by atoms with Crippen molar-refractivity contribution >= 4 is 29.4 Å². The molecule has 4 aliphatic rings. The number of allylic oxidation sites excluding steroid dienone is 1. The summed E-state index contributed by atoms with van der Waals surface area (Å²) in [5.41, 5.74) is -0.0557. The van der Waals surface area contributed by atoms with Crippen molar-refractivity contribution in [2.45, 2.75) is 56.0 Å². The zero-order valence-electron chi connectivity index (χ0n) is 26.5. The van der Waals surface area contributed by atoms with Crippen LogP contribution >= 0.6 is 0 Å². The van der Waals surface area contributed by atoms with Crippen molar-refractivity contribution in [1.29, 1.82) is 0 Å². The van der Waals surface area contributed by atoms with Crippen LogP contribution in [0.3, 0.4) is 0 Å². The van der Waals surface area contributed by atoms with Crippen molar-refractivity contribution in [2.24, 2.45) is 11.8 Å². The van der Waals surface area contributed by atoms with E-state index in [-0.39, 0.29) is 50.4 Å². The van der Waals surface area contributed by atoms with Gasteiger partial charge in [0.2, 0.25) is 11.8 Å². The topological polar surface area (TPSA) is 135 Å². The van der Waals surface area contributed by atoms with Gasteiger partial charge in [-0.2, -0.15) is 0 Å². The molecule has 1 spiro atoms. The predicted molar refractivity (Wildman–Crippen MR) is 172 cm³/mol. The molecule has 0 radical (unpaired) electrons. The second kappa shape index (κ2) is 14.1. The molecule has 6 atom stereocenters. The Morgan fingerprint density at radius 3 is 2.51 bits per heavy atom. The number of hydrogen-bond donors (Lipinski definition) is 2. The Bertz CT molecular complexity index is 1530. The number of aliphatic hydroxyl groups excluding tert-OH is 1. The minimum Gasteiger partial charge on any atom is -0.497 e. The second-order valence-corrected chi connectivity index (χ2v) is 12.3. The molecular weight excluding hydrogens is 602 g/mol. The maximum absolute atomic E-state index is 14.8. The van der Waals surface area contributed by atoms with Gasteiger partial charge in [-0.3, -0.25) is 19.2 Å². The van der Waals surface area contributed by atoms with Gasteiger partial charge in [0.05, 0.1) is 25.7 Å². The van der Waals surface area contributed by atoms with E-state index in [1.165, 1.54) is 0 Å². The van der Waals surface area contributed by atoms with E-state index in [1.807, 2.05) is 42.5 Å². The Morgan fingerprint density at radius 1 is 0.979 bits per heavy atom. The number of methoxy groups -OCH3 is 1. The van der Waals surface area contributed by atoms with Crippen LogP contribution in [-0.4, -0.2) is 84.8 Å². The van der Waals surface area contributed by atoms with Crippen molar-refractivity contribution in [3.05, 3.63) is 84.5 Å². The number of esters is 1. The van der Waals surface area contributed by atoms with Crippen LogP contribution in [0.25, 0.3) is 0 Å². The third kappa shape index (κ3) is 6.29. The molecule has 2 fully saturated rings. The zero-order chi connectivity index (χ0) is 33.0. The first-order valence-corrected chi connectivity index (χ1v) is 16.3. The van der Waals surface area contributed by atoms with Crippen LogP contribution in [0.1, 0.15) is 43.8 Å². The van der Waals surface area contributed by atoms with Crippen LogP contribution in [0.4, 0.5) is 5.69 Å². The van der Waals surface area contributed by atoms with Crippen LogP contribution < -0.4 is 15.0 Å². The van der Waals surface area contributed by atoms with Crippen molar-refractivity contribution in [3.63, 3.8) is 0 Å². The lowest BCUT2D eigenvalue weighted by Crippen LogP contribution is -2.56. The number of nitrogens with one attached hydrogen (secondary N) is 1. The third-order valence-electron chi connectivity index (χ3n) is 9.49. The van der Waals surface area contributed by atoms with Crippen LogP contribution in [-0.2, 0) is 28.7 Å². The summed E-state index contributed by atoms with van der Waals surface area (Å²) >= 11 is 0. The van der Waals surface area contributed by atoms with Crippen molar-refractivity contribution < 1.29 is 38.5 Å². The lowest BCUT2D eigenvalue weighted by atomic mass is 9.74. The van der Waals surface area contributed by atoms with Crippen LogP contribution in [0, 0.1) is 11.8 Å². The van der Waals surface area contributed by atoms with Gasteiger partial charge in [-0.05, 0) is 55.5 Å². The minimum absolute atomic E-state index is 0.0327. The standard InChI is InChI=1S/C36H41N3O8/c1-45-26-16-14-25(15-17-26)38-20-8-3-7-13-29(41)37-23-28(24-11-5-2-6-12-24)46-35(44)30-27-18-19-36(47-27)31(30)33(42)39(32(36)34(38)43)21-9-4-10-22-40/h2-3,5-6,8,11-12,14-19,27-28,30-32,40H,4,7,9-10,13,20-23H2,1H3,(H,37,41)/b8-3-/t27-,28-,30+,31+,32-,36+/m0/s1. The van der Waals surface area contributed by atoms with Gasteiger partial charge >= 0.3 is 5.97 Å². The fourth-order valence-corrected chi connectivity index (χ4v) is 7.18. The van der Waals surface area contributed by atoms with Gasteiger partial charge in [-0.25, -0.2) is 0 Å². The molecule has 4 heterocycles. The highest BCUT2D eigenvalue weighted by atomic mass is 16.6. The van der Waals surface area contributed by atoms with E-state index in [1.54, 1.807) is 53.3 Å². The van der Waals surface area contributed by atoms with Gasteiger partial charge in [0.25, 0.3) is 5.91 Å². The lowest BCUT2D eigenvalue weighted by Gasteiger charge is -2.36. The molecule has 2 N–H and O–H groups in total. The third-order valence-corrected chi connectivity index (χ3v) is 9.49. The number of aliphatic hydroxyl groups is 1. The summed E-state index contributed by atoms with van der Waals surface area (Å²) in [6.07, 6.45) is 8.17. The molecule has 0 saturated carbocycles. The van der Waals surface area contributed by atoms with Crippen molar-refractivity contribution in [3.8, 4) is 5.75 Å². The van der Waals surface area contributed by atoms with Crippen molar-refractivity contribution in [1.82, 2.24) is 10.2 Å². The summed E-state index contributed by atoms with van der Waals surface area (Å²) in [7, 11) is 1.57. The Balaban J connectivity index is 1.40. The maximum atomic E-state index is 14.8. The van der Waals surface area contributed by atoms with E-state index < -0.39 is 41.7 Å². The molecule has 5 bridgehead atoms. The number of ether oxygens (including phenoxy) is 3. The molecule has 11 heteroatoms. The smallest absolute Gasteiger partial charge is 0.313 e. The number of anilines is 1. The lowest BCUT2D eigenvalue weighted by molar-refractivity contribution is -0.159. The predicted octanol–water partition coefficient (Wildman–Crippen LogP) is 3.09. The molecule has 4 aliphatic heterocycles. The van der Waals surface area contributed by atoms with E-state index in [9.17, 15) is 24.3 Å². The Morgan fingerprint density at radius 2 is 1.77 bits per heavy atom. The summed E-state index contributed by atoms with van der Waals surface area (Å²) in [4.78, 5) is 59.2. The first-order chi connectivity index (χ1) is 22.9. The minimum atomic E-state index is -1.36. The normalized spacial score (nSPS) is 29.9. The number of unbranched alkanes of at least 4 members (excludes halogenated alkanes) is 2. The number of rotatable bonds is 8. The fourth-order valence-electron chi connectivity index (χ4n) is 7.18. The van der Waals surface area contributed by atoms with E-state index >= 15 is 0 Å². The van der Waals surface area contributed by atoms with Gasteiger partial charge in [0.15, 0.2) is 0 Å². The molecule has 3 amide bonds. The van der Waals surface area contributed by atoms with Gasteiger partial charge in [0.1, 0.15) is 29.4 Å². The number of fused-ring (bicyclic) bond motifs is 2. The van der Waals surface area contributed by atoms with Crippen molar-refractivity contribution in [2.75, 3.05) is 38.3 Å². The zero-order valence-corrected chi connectivity index (χ0v) is 26.5. The second-order valence-electron chi connectivity index (χ2n) is 12.3. The number of likely N-dealkylation sites (tertiary alicyclic amines) is 1. The molecule has 0 unspecified atom stereocenters. The van der Waals surface area contributed by atoms with Crippen LogP contribution in [0.2, 0.25) is 0 Å². The summed E-state index contributed by atoms with van der Waals surface area (Å²) < 4.78 is 18.0. The molecule has 248 valence electrons. The number of nitrogens with zero attached hydrogens (tertiary/aromatic N) is 2. The van der Waals surface area contributed by atoms with Gasteiger partial charge in [0, 0.05) is 31.8 Å². The van der Waals surface area contributed by atoms with E-state index in [0.29, 0.717) is 42.7 Å².